The molecule has 1 fully saturated rings. The highest BCUT2D eigenvalue weighted by Crippen LogP contribution is 2.43. The number of anilines is 1. The van der Waals surface area contributed by atoms with Crippen LogP contribution in [0, 0.1) is 0 Å². The highest BCUT2D eigenvalue weighted by atomic mass is 79.9. The van der Waals surface area contributed by atoms with E-state index in [1.165, 1.54) is 0 Å². The topological polar surface area (TPSA) is 47.5 Å². The van der Waals surface area contributed by atoms with Crippen molar-refractivity contribution in [1.82, 2.24) is 9.97 Å². The second-order valence-corrected chi connectivity index (χ2v) is 5.74. The molecule has 102 valence electrons. The van der Waals surface area contributed by atoms with Gasteiger partial charge in [0.1, 0.15) is 10.4 Å². The Kier molecular flexibility index (Phi) is 2.60. The molecule has 0 amide bonds. The van der Waals surface area contributed by atoms with Crippen molar-refractivity contribution in [1.29, 1.82) is 0 Å². The monoisotopic (exact) mass is 333 g/mol. The van der Waals surface area contributed by atoms with Crippen LogP contribution in [-0.2, 0) is 0 Å². The average Bonchev–Trinajstić information content (AvgIpc) is 3.03. The number of halogens is 1. The van der Waals surface area contributed by atoms with Crippen LogP contribution in [-0.4, -0.2) is 28.8 Å². The molecule has 2 aliphatic heterocycles. The van der Waals surface area contributed by atoms with Gasteiger partial charge < -0.3 is 14.4 Å². The number of rotatable bonds is 1. The summed E-state index contributed by atoms with van der Waals surface area (Å²) in [4.78, 5) is 10.7. The molecule has 0 aliphatic carbocycles. The molecule has 1 spiro atoms. The molecular weight excluding hydrogens is 322 g/mol. The molecular formula is C14H12BrN3O2. The van der Waals surface area contributed by atoms with Crippen LogP contribution in [0.15, 0.2) is 41.3 Å². The van der Waals surface area contributed by atoms with Crippen molar-refractivity contribution in [3.05, 3.63) is 41.3 Å². The second-order valence-electron chi connectivity index (χ2n) is 4.93. The van der Waals surface area contributed by atoms with Crippen LogP contribution < -0.4 is 14.4 Å². The summed E-state index contributed by atoms with van der Waals surface area (Å²) in [6.07, 6.45) is 4.26. The first-order valence-corrected chi connectivity index (χ1v) is 7.23. The molecule has 0 unspecified atom stereocenters. The van der Waals surface area contributed by atoms with Gasteiger partial charge in [0.25, 0.3) is 5.79 Å². The van der Waals surface area contributed by atoms with E-state index in [0.29, 0.717) is 6.54 Å². The molecule has 3 heterocycles. The van der Waals surface area contributed by atoms with Crippen LogP contribution in [0.4, 0.5) is 5.82 Å². The minimum absolute atomic E-state index is 0.585. The van der Waals surface area contributed by atoms with Gasteiger partial charge in [-0.15, -0.1) is 0 Å². The maximum Gasteiger partial charge on any atom is 0.270 e. The number of benzene rings is 1. The molecule has 2 aromatic rings. The number of fused-ring (bicyclic) bond motifs is 1. The molecule has 0 saturated carbocycles. The van der Waals surface area contributed by atoms with E-state index < -0.39 is 5.79 Å². The largest absolute Gasteiger partial charge is 0.447 e. The summed E-state index contributed by atoms with van der Waals surface area (Å²) in [6, 6.07) is 7.78. The first kappa shape index (κ1) is 12.0. The lowest BCUT2D eigenvalue weighted by atomic mass is 10.2. The van der Waals surface area contributed by atoms with E-state index in [-0.39, 0.29) is 0 Å². The maximum absolute atomic E-state index is 6.01. The van der Waals surface area contributed by atoms with Gasteiger partial charge in [0.2, 0.25) is 0 Å². The van der Waals surface area contributed by atoms with Gasteiger partial charge in [-0.05, 0) is 28.1 Å². The molecule has 0 radical (unpaired) electrons. The number of ether oxygens (including phenoxy) is 2. The van der Waals surface area contributed by atoms with Crippen molar-refractivity contribution in [3.8, 4) is 11.5 Å². The summed E-state index contributed by atoms with van der Waals surface area (Å²) in [5.41, 5.74) is 0. The zero-order valence-corrected chi connectivity index (χ0v) is 12.2. The van der Waals surface area contributed by atoms with E-state index in [1.807, 2.05) is 24.3 Å². The van der Waals surface area contributed by atoms with Crippen molar-refractivity contribution in [2.75, 3.05) is 18.0 Å². The van der Waals surface area contributed by atoms with Gasteiger partial charge >= 0.3 is 0 Å². The smallest absolute Gasteiger partial charge is 0.270 e. The van der Waals surface area contributed by atoms with Crippen LogP contribution in [0.5, 0.6) is 11.5 Å². The highest BCUT2D eigenvalue weighted by Gasteiger charge is 2.47. The predicted molar refractivity (Wildman–Crippen MR) is 77.0 cm³/mol. The quantitative estimate of drug-likeness (QED) is 0.802. The van der Waals surface area contributed by atoms with E-state index in [2.05, 4.69) is 30.8 Å². The third kappa shape index (κ3) is 1.91. The lowest BCUT2D eigenvalue weighted by Crippen LogP contribution is -2.41. The predicted octanol–water partition coefficient (Wildman–Crippen LogP) is 2.62. The lowest BCUT2D eigenvalue weighted by Gasteiger charge is -2.23. The van der Waals surface area contributed by atoms with Crippen molar-refractivity contribution in [2.45, 2.75) is 12.2 Å². The maximum atomic E-state index is 6.01. The van der Waals surface area contributed by atoms with E-state index in [1.54, 1.807) is 12.4 Å². The molecule has 0 N–H and O–H groups in total. The average molecular weight is 334 g/mol. The van der Waals surface area contributed by atoms with E-state index in [0.717, 1.165) is 34.9 Å². The molecule has 0 bridgehead atoms. The fourth-order valence-electron chi connectivity index (χ4n) is 2.63. The SMILES string of the molecule is Brc1cnc(N2CCC3(C2)Oc2ccccc2O3)cn1. The summed E-state index contributed by atoms with van der Waals surface area (Å²) >= 11 is 3.29. The Hall–Kier alpha value is -1.82. The van der Waals surface area contributed by atoms with Crippen molar-refractivity contribution in [3.63, 3.8) is 0 Å². The third-order valence-electron chi connectivity index (χ3n) is 3.57. The van der Waals surface area contributed by atoms with Crippen LogP contribution in [0.1, 0.15) is 6.42 Å². The zero-order chi connectivity index (χ0) is 13.6. The molecule has 4 rings (SSSR count). The highest BCUT2D eigenvalue weighted by molar-refractivity contribution is 9.10. The number of hydrogen-bond acceptors (Lipinski definition) is 5. The summed E-state index contributed by atoms with van der Waals surface area (Å²) in [7, 11) is 0. The van der Waals surface area contributed by atoms with Gasteiger partial charge in [-0.3, -0.25) is 0 Å². The molecule has 0 atom stereocenters. The van der Waals surface area contributed by atoms with Gasteiger partial charge in [0, 0.05) is 13.0 Å². The first-order valence-electron chi connectivity index (χ1n) is 6.44. The van der Waals surface area contributed by atoms with E-state index >= 15 is 0 Å². The molecule has 6 heteroatoms. The van der Waals surface area contributed by atoms with Gasteiger partial charge in [0.05, 0.1) is 18.9 Å². The van der Waals surface area contributed by atoms with E-state index in [4.69, 9.17) is 9.47 Å². The Morgan fingerprint density at radius 1 is 1.10 bits per heavy atom. The van der Waals surface area contributed by atoms with Gasteiger partial charge in [-0.2, -0.15) is 0 Å². The zero-order valence-electron chi connectivity index (χ0n) is 10.6. The van der Waals surface area contributed by atoms with Gasteiger partial charge in [-0.25, -0.2) is 9.97 Å². The third-order valence-corrected chi connectivity index (χ3v) is 3.98. The van der Waals surface area contributed by atoms with Crippen molar-refractivity contribution >= 4 is 21.7 Å². The Bertz CT molecular complexity index is 622. The molecule has 1 aromatic carbocycles. The molecule has 20 heavy (non-hydrogen) atoms. The summed E-state index contributed by atoms with van der Waals surface area (Å²) in [5.74, 6) is 1.89. The minimum Gasteiger partial charge on any atom is -0.447 e. The first-order chi connectivity index (χ1) is 9.74. The standard InChI is InChI=1S/C14H12BrN3O2/c15-12-7-17-13(8-16-12)18-6-5-14(9-18)19-10-3-1-2-4-11(10)20-14/h1-4,7-8H,5-6,9H2. The number of hydrogen-bond donors (Lipinski definition) is 0. The molecule has 1 aromatic heterocycles. The summed E-state index contributed by atoms with van der Waals surface area (Å²) in [5, 5.41) is 0. The van der Waals surface area contributed by atoms with Crippen LogP contribution in [0.2, 0.25) is 0 Å². The summed E-state index contributed by atoms with van der Waals surface area (Å²) < 4.78 is 12.8. The Morgan fingerprint density at radius 2 is 1.85 bits per heavy atom. The fourth-order valence-corrected chi connectivity index (χ4v) is 2.83. The minimum atomic E-state index is -0.585. The number of para-hydroxylation sites is 2. The summed E-state index contributed by atoms with van der Waals surface area (Å²) in [6.45, 7) is 1.49. The Labute approximate surface area is 124 Å². The normalized spacial score (nSPS) is 18.8. The second kappa shape index (κ2) is 4.34. The van der Waals surface area contributed by atoms with Gasteiger partial charge in [-0.1, -0.05) is 12.1 Å². The Morgan fingerprint density at radius 3 is 2.50 bits per heavy atom. The van der Waals surface area contributed by atoms with Crippen molar-refractivity contribution < 1.29 is 9.47 Å². The lowest BCUT2D eigenvalue weighted by molar-refractivity contribution is -0.0577. The number of nitrogens with zero attached hydrogens (tertiary/aromatic N) is 3. The fraction of sp³-hybridized carbons (Fsp3) is 0.286. The van der Waals surface area contributed by atoms with Crippen LogP contribution >= 0.6 is 15.9 Å². The molecule has 5 nitrogen and oxygen atoms in total. The van der Waals surface area contributed by atoms with E-state index in [9.17, 15) is 0 Å². The number of aromatic nitrogens is 2. The molecule has 2 aliphatic rings. The molecule has 1 saturated heterocycles. The van der Waals surface area contributed by atoms with Gasteiger partial charge in [0.15, 0.2) is 11.5 Å². The van der Waals surface area contributed by atoms with Crippen LogP contribution in [0.25, 0.3) is 0 Å². The van der Waals surface area contributed by atoms with Crippen molar-refractivity contribution in [2.24, 2.45) is 0 Å². The Balaban J connectivity index is 1.56. The van der Waals surface area contributed by atoms with Crippen LogP contribution in [0.3, 0.4) is 0 Å².